The number of nitrogens with zero attached hydrogens (tertiary/aromatic N) is 2. The van der Waals surface area contributed by atoms with Crippen LogP contribution < -0.4 is 5.32 Å². The first-order valence-electron chi connectivity index (χ1n) is 9.44. The molecule has 0 saturated heterocycles. The van der Waals surface area contributed by atoms with Crippen molar-refractivity contribution in [3.63, 3.8) is 0 Å². The van der Waals surface area contributed by atoms with Crippen molar-refractivity contribution in [3.05, 3.63) is 77.0 Å². The molecule has 27 heavy (non-hydrogen) atoms. The quantitative estimate of drug-likeness (QED) is 0.549. The van der Waals surface area contributed by atoms with E-state index in [1.165, 1.54) is 0 Å². The first-order valence-corrected chi connectivity index (χ1v) is 9.44. The zero-order chi connectivity index (χ0) is 19.6. The molecule has 4 nitrogen and oxygen atoms in total. The summed E-state index contributed by atoms with van der Waals surface area (Å²) < 4.78 is 0. The van der Waals surface area contributed by atoms with Gasteiger partial charge in [-0.15, -0.1) is 0 Å². The van der Waals surface area contributed by atoms with Crippen LogP contribution in [-0.4, -0.2) is 17.4 Å². The SMILES string of the molecule is CCc1cccc(CC)c1NC(=O)/C(C#N)=C\N(CC)Cc1ccccc1. The minimum atomic E-state index is -0.361. The monoisotopic (exact) mass is 361 g/mol. The van der Waals surface area contributed by atoms with Gasteiger partial charge in [-0.2, -0.15) is 5.26 Å². The van der Waals surface area contributed by atoms with Crippen LogP contribution in [0.2, 0.25) is 0 Å². The Morgan fingerprint density at radius 2 is 1.67 bits per heavy atom. The van der Waals surface area contributed by atoms with Crippen molar-refractivity contribution in [2.75, 3.05) is 11.9 Å². The maximum atomic E-state index is 12.8. The molecular weight excluding hydrogens is 334 g/mol. The number of amides is 1. The summed E-state index contributed by atoms with van der Waals surface area (Å²) >= 11 is 0. The average molecular weight is 361 g/mol. The van der Waals surface area contributed by atoms with Gasteiger partial charge in [0.05, 0.1) is 0 Å². The molecule has 4 heteroatoms. The normalized spacial score (nSPS) is 11.0. The zero-order valence-corrected chi connectivity index (χ0v) is 16.3. The molecule has 0 aliphatic rings. The molecule has 0 bridgehead atoms. The number of hydrogen-bond acceptors (Lipinski definition) is 3. The van der Waals surface area contributed by atoms with Crippen LogP contribution in [0.4, 0.5) is 5.69 Å². The summed E-state index contributed by atoms with van der Waals surface area (Å²) in [5.41, 5.74) is 4.24. The molecule has 2 aromatic rings. The smallest absolute Gasteiger partial charge is 0.267 e. The van der Waals surface area contributed by atoms with E-state index in [2.05, 4.69) is 25.2 Å². The Hall–Kier alpha value is -3.06. The molecule has 0 fully saturated rings. The number of aryl methyl sites for hydroxylation is 2. The van der Waals surface area contributed by atoms with Crippen molar-refractivity contribution in [1.29, 1.82) is 5.26 Å². The number of rotatable bonds is 8. The molecule has 140 valence electrons. The summed E-state index contributed by atoms with van der Waals surface area (Å²) in [6.45, 7) is 7.49. The molecule has 1 N–H and O–H groups in total. The van der Waals surface area contributed by atoms with Crippen LogP contribution in [0.5, 0.6) is 0 Å². The van der Waals surface area contributed by atoms with Gasteiger partial charge in [0.1, 0.15) is 11.6 Å². The lowest BCUT2D eigenvalue weighted by atomic mass is 10.0. The Morgan fingerprint density at radius 3 is 2.19 bits per heavy atom. The van der Waals surface area contributed by atoms with Crippen LogP contribution >= 0.6 is 0 Å². The first-order chi connectivity index (χ1) is 13.1. The van der Waals surface area contributed by atoms with Crippen molar-refractivity contribution in [2.45, 2.75) is 40.2 Å². The Bertz CT molecular complexity index is 812. The molecule has 0 heterocycles. The second kappa shape index (κ2) is 10.2. The lowest BCUT2D eigenvalue weighted by Gasteiger charge is -2.19. The number of nitriles is 1. The van der Waals surface area contributed by atoms with Gasteiger partial charge in [0, 0.05) is 25.0 Å². The number of hydrogen-bond donors (Lipinski definition) is 1. The highest BCUT2D eigenvalue weighted by Gasteiger charge is 2.15. The van der Waals surface area contributed by atoms with E-state index in [1.807, 2.05) is 60.4 Å². The molecule has 0 unspecified atom stereocenters. The van der Waals surface area contributed by atoms with Gasteiger partial charge in [-0.1, -0.05) is 62.4 Å². The summed E-state index contributed by atoms with van der Waals surface area (Å²) in [5, 5.41) is 12.5. The minimum absolute atomic E-state index is 0.112. The second-order valence-corrected chi connectivity index (χ2v) is 6.32. The summed E-state index contributed by atoms with van der Waals surface area (Å²) in [4.78, 5) is 14.7. The van der Waals surface area contributed by atoms with Gasteiger partial charge in [-0.25, -0.2) is 0 Å². The molecule has 0 radical (unpaired) electrons. The summed E-state index contributed by atoms with van der Waals surface area (Å²) in [6.07, 6.45) is 3.30. The Kier molecular flexibility index (Phi) is 7.63. The third kappa shape index (κ3) is 5.46. The second-order valence-electron chi connectivity index (χ2n) is 6.32. The van der Waals surface area contributed by atoms with Crippen LogP contribution in [-0.2, 0) is 24.2 Å². The molecule has 2 aromatic carbocycles. The van der Waals surface area contributed by atoms with E-state index in [4.69, 9.17) is 0 Å². The Morgan fingerprint density at radius 1 is 1.04 bits per heavy atom. The van der Waals surface area contributed by atoms with Crippen molar-refractivity contribution in [3.8, 4) is 6.07 Å². The number of para-hydroxylation sites is 1. The van der Waals surface area contributed by atoms with Crippen LogP contribution in [0.25, 0.3) is 0 Å². The van der Waals surface area contributed by atoms with Crippen LogP contribution in [0.1, 0.15) is 37.5 Å². The summed E-state index contributed by atoms with van der Waals surface area (Å²) in [6, 6.07) is 18.1. The molecular formula is C23H27N3O. The predicted molar refractivity (Wildman–Crippen MR) is 110 cm³/mol. The molecule has 0 aliphatic heterocycles. The molecule has 1 amide bonds. The van der Waals surface area contributed by atoms with Gasteiger partial charge in [0.25, 0.3) is 5.91 Å². The molecule has 0 aliphatic carbocycles. The Labute approximate surface area is 162 Å². The highest BCUT2D eigenvalue weighted by Crippen LogP contribution is 2.23. The average Bonchev–Trinajstić information content (AvgIpc) is 2.71. The summed E-state index contributed by atoms with van der Waals surface area (Å²) in [5.74, 6) is -0.361. The van der Waals surface area contributed by atoms with E-state index >= 15 is 0 Å². The van der Waals surface area contributed by atoms with Crippen molar-refractivity contribution in [2.24, 2.45) is 0 Å². The topological polar surface area (TPSA) is 56.1 Å². The van der Waals surface area contributed by atoms with Gasteiger partial charge in [-0.05, 0) is 36.5 Å². The number of benzene rings is 2. The van der Waals surface area contributed by atoms with Crippen LogP contribution in [0, 0.1) is 11.3 Å². The third-order valence-electron chi connectivity index (χ3n) is 4.55. The van der Waals surface area contributed by atoms with E-state index < -0.39 is 0 Å². The third-order valence-corrected chi connectivity index (χ3v) is 4.55. The summed E-state index contributed by atoms with van der Waals surface area (Å²) in [7, 11) is 0. The van der Waals surface area contributed by atoms with Crippen molar-refractivity contribution >= 4 is 11.6 Å². The molecule has 2 rings (SSSR count). The maximum absolute atomic E-state index is 12.8. The molecule has 0 saturated carbocycles. The van der Waals surface area contributed by atoms with Gasteiger partial charge in [0.15, 0.2) is 0 Å². The van der Waals surface area contributed by atoms with E-state index in [0.29, 0.717) is 13.1 Å². The van der Waals surface area contributed by atoms with Gasteiger partial charge < -0.3 is 10.2 Å². The largest absolute Gasteiger partial charge is 0.372 e. The van der Waals surface area contributed by atoms with Crippen molar-refractivity contribution < 1.29 is 4.79 Å². The first kappa shape index (κ1) is 20.3. The zero-order valence-electron chi connectivity index (χ0n) is 16.3. The highest BCUT2D eigenvalue weighted by atomic mass is 16.1. The fourth-order valence-corrected chi connectivity index (χ4v) is 2.97. The van der Waals surface area contributed by atoms with Gasteiger partial charge in [-0.3, -0.25) is 4.79 Å². The number of anilines is 1. The fraction of sp³-hybridized carbons (Fsp3) is 0.304. The number of carbonyl (C=O) groups is 1. The van der Waals surface area contributed by atoms with E-state index in [-0.39, 0.29) is 11.5 Å². The standard InChI is InChI=1S/C23H27N3O/c1-4-19-13-10-14-20(5-2)22(19)25-23(27)21(15-24)17-26(6-3)16-18-11-8-7-9-12-18/h7-14,17H,4-6,16H2,1-3H3,(H,25,27)/b21-17-. The van der Waals surface area contributed by atoms with E-state index in [0.717, 1.165) is 35.2 Å². The molecule has 0 atom stereocenters. The van der Waals surface area contributed by atoms with Crippen LogP contribution in [0.15, 0.2) is 60.3 Å². The number of nitrogens with one attached hydrogen (secondary N) is 1. The van der Waals surface area contributed by atoms with E-state index in [1.54, 1.807) is 6.20 Å². The van der Waals surface area contributed by atoms with E-state index in [9.17, 15) is 10.1 Å². The van der Waals surface area contributed by atoms with Crippen LogP contribution in [0.3, 0.4) is 0 Å². The predicted octanol–water partition coefficient (Wildman–Crippen LogP) is 4.68. The van der Waals surface area contributed by atoms with Gasteiger partial charge >= 0.3 is 0 Å². The van der Waals surface area contributed by atoms with Crippen molar-refractivity contribution in [1.82, 2.24) is 4.90 Å². The Balaban J connectivity index is 2.22. The fourth-order valence-electron chi connectivity index (χ4n) is 2.97. The number of carbonyl (C=O) groups excluding carboxylic acids is 1. The van der Waals surface area contributed by atoms with Gasteiger partial charge in [0.2, 0.25) is 0 Å². The lowest BCUT2D eigenvalue weighted by molar-refractivity contribution is -0.112. The molecule has 0 aromatic heterocycles. The minimum Gasteiger partial charge on any atom is -0.372 e. The maximum Gasteiger partial charge on any atom is 0.267 e. The lowest BCUT2D eigenvalue weighted by Crippen LogP contribution is -2.21. The highest BCUT2D eigenvalue weighted by molar-refractivity contribution is 6.07. The molecule has 0 spiro atoms.